The number of aliphatic imine (C=N–C) groups is 1. The number of nitrogens with zero attached hydrogens (tertiary/aromatic N) is 1. The number of carbonyl (C=O) groups excluding carboxylic acids is 1. The first kappa shape index (κ1) is 19.4. The molecular weight excluding hydrogens is 382 g/mol. The van der Waals surface area contributed by atoms with Crippen LogP contribution in [-0.4, -0.2) is 32.5 Å². The van der Waals surface area contributed by atoms with Crippen molar-refractivity contribution >= 4 is 39.2 Å². The van der Waals surface area contributed by atoms with Gasteiger partial charge >= 0.3 is 0 Å². The van der Waals surface area contributed by atoms with Gasteiger partial charge in [0.15, 0.2) is 0 Å². The number of rotatable bonds is 6. The lowest BCUT2D eigenvalue weighted by Gasteiger charge is -2.10. The predicted octanol–water partition coefficient (Wildman–Crippen LogP) is 3.20. The third-order valence-corrected chi connectivity index (χ3v) is 6.56. The number of hydrogen-bond donors (Lipinski definition) is 2. The number of sulfonamides is 1. The molecule has 0 aromatic heterocycles. The summed E-state index contributed by atoms with van der Waals surface area (Å²) in [6.45, 7) is 2.64. The lowest BCUT2D eigenvalue weighted by Crippen LogP contribution is -2.29. The van der Waals surface area contributed by atoms with Gasteiger partial charge in [0.2, 0.25) is 5.91 Å². The van der Waals surface area contributed by atoms with Crippen LogP contribution >= 0.6 is 11.8 Å². The molecule has 1 amide bonds. The minimum absolute atomic E-state index is 0.0986. The van der Waals surface area contributed by atoms with Crippen molar-refractivity contribution in [3.8, 4) is 0 Å². The Balaban J connectivity index is 1.63. The molecule has 0 atom stereocenters. The topological polar surface area (TPSA) is 87.6 Å². The van der Waals surface area contributed by atoms with E-state index in [0.717, 1.165) is 16.9 Å². The number of hydrogen-bond acceptors (Lipinski definition) is 5. The number of benzene rings is 2. The Hall–Kier alpha value is -2.32. The molecule has 0 aliphatic carbocycles. The van der Waals surface area contributed by atoms with Gasteiger partial charge in [-0.25, -0.2) is 8.42 Å². The van der Waals surface area contributed by atoms with Crippen molar-refractivity contribution in [2.24, 2.45) is 4.99 Å². The quantitative estimate of drug-likeness (QED) is 0.725. The van der Waals surface area contributed by atoms with Gasteiger partial charge in [0.1, 0.15) is 5.84 Å². The molecule has 0 bridgehead atoms. The zero-order valence-electron chi connectivity index (χ0n) is 14.9. The van der Waals surface area contributed by atoms with E-state index in [4.69, 9.17) is 0 Å². The summed E-state index contributed by atoms with van der Waals surface area (Å²) in [6.07, 6.45) is 1.48. The largest absolute Gasteiger partial charge is 0.325 e. The smallest absolute Gasteiger partial charge is 0.262 e. The second-order valence-corrected chi connectivity index (χ2v) is 8.87. The first-order chi connectivity index (χ1) is 12.9. The molecule has 8 heteroatoms. The number of anilines is 1. The van der Waals surface area contributed by atoms with Crippen molar-refractivity contribution in [2.75, 3.05) is 17.6 Å². The van der Waals surface area contributed by atoms with Gasteiger partial charge in [0.05, 0.1) is 10.6 Å². The average Bonchev–Trinajstić information content (AvgIpc) is 3.13. The van der Waals surface area contributed by atoms with Crippen LogP contribution in [0.4, 0.5) is 5.69 Å². The van der Waals surface area contributed by atoms with Crippen molar-refractivity contribution in [3.63, 3.8) is 0 Å². The van der Waals surface area contributed by atoms with E-state index in [-0.39, 0.29) is 16.6 Å². The molecule has 1 aliphatic heterocycles. The number of thioether (sulfide) groups is 1. The zero-order chi connectivity index (χ0) is 19.3. The summed E-state index contributed by atoms with van der Waals surface area (Å²) in [4.78, 5) is 17.5. The van der Waals surface area contributed by atoms with Crippen molar-refractivity contribution in [1.29, 1.82) is 0 Å². The van der Waals surface area contributed by atoms with Crippen LogP contribution in [0.2, 0.25) is 0 Å². The highest BCUT2D eigenvalue weighted by molar-refractivity contribution is 8.00. The van der Waals surface area contributed by atoms with Crippen molar-refractivity contribution < 1.29 is 13.2 Å². The van der Waals surface area contributed by atoms with Crippen LogP contribution in [0.15, 0.2) is 63.3 Å². The molecule has 142 valence electrons. The van der Waals surface area contributed by atoms with E-state index >= 15 is 0 Å². The summed E-state index contributed by atoms with van der Waals surface area (Å²) in [6, 6.07) is 14.1. The maximum atomic E-state index is 12.5. The minimum Gasteiger partial charge on any atom is -0.325 e. The van der Waals surface area contributed by atoms with Gasteiger partial charge in [0.25, 0.3) is 10.0 Å². The summed E-state index contributed by atoms with van der Waals surface area (Å²) in [5.41, 5.74) is 1.56. The van der Waals surface area contributed by atoms with Crippen LogP contribution in [-0.2, 0) is 14.8 Å². The fourth-order valence-electron chi connectivity index (χ4n) is 2.64. The first-order valence-electron chi connectivity index (χ1n) is 8.58. The Bertz CT molecular complexity index is 972. The van der Waals surface area contributed by atoms with Crippen molar-refractivity contribution in [2.45, 2.75) is 29.6 Å². The number of carbonyl (C=O) groups is 1. The van der Waals surface area contributed by atoms with E-state index < -0.39 is 10.0 Å². The Morgan fingerprint density at radius 2 is 2.00 bits per heavy atom. The highest BCUT2D eigenvalue weighted by Crippen LogP contribution is 2.22. The second-order valence-electron chi connectivity index (χ2n) is 6.17. The SMILES string of the molecule is Cc1ccccc1SCC(=O)Nc1cccc(S(=O)(=O)NC2=NCCC2)c1. The number of aryl methyl sites for hydroxylation is 1. The summed E-state index contributed by atoms with van der Waals surface area (Å²) in [5, 5.41) is 2.76. The van der Waals surface area contributed by atoms with Gasteiger partial charge in [-0.05, 0) is 43.2 Å². The Kier molecular flexibility index (Phi) is 6.18. The Labute approximate surface area is 163 Å². The van der Waals surface area contributed by atoms with E-state index in [1.165, 1.54) is 23.9 Å². The van der Waals surface area contributed by atoms with E-state index in [9.17, 15) is 13.2 Å². The fourth-order valence-corrected chi connectivity index (χ4v) is 4.60. The fraction of sp³-hybridized carbons (Fsp3) is 0.263. The summed E-state index contributed by atoms with van der Waals surface area (Å²) in [7, 11) is -3.70. The van der Waals surface area contributed by atoms with Crippen LogP contribution in [0.5, 0.6) is 0 Å². The molecule has 0 spiro atoms. The van der Waals surface area contributed by atoms with Gasteiger partial charge in [-0.3, -0.25) is 14.5 Å². The first-order valence-corrected chi connectivity index (χ1v) is 11.1. The van der Waals surface area contributed by atoms with Crippen LogP contribution in [0.1, 0.15) is 18.4 Å². The van der Waals surface area contributed by atoms with Crippen LogP contribution in [0, 0.1) is 6.92 Å². The van der Waals surface area contributed by atoms with Gasteiger partial charge in [-0.2, -0.15) is 0 Å². The van der Waals surface area contributed by atoms with Gasteiger partial charge < -0.3 is 5.32 Å². The van der Waals surface area contributed by atoms with Gasteiger partial charge in [-0.15, -0.1) is 11.8 Å². The van der Waals surface area contributed by atoms with Crippen molar-refractivity contribution in [3.05, 3.63) is 54.1 Å². The van der Waals surface area contributed by atoms with E-state index in [0.29, 0.717) is 24.5 Å². The highest BCUT2D eigenvalue weighted by Gasteiger charge is 2.18. The number of amidine groups is 1. The summed E-state index contributed by atoms with van der Waals surface area (Å²) < 4.78 is 27.4. The van der Waals surface area contributed by atoms with E-state index in [1.807, 2.05) is 31.2 Å². The lowest BCUT2D eigenvalue weighted by atomic mass is 10.2. The Morgan fingerprint density at radius 3 is 2.74 bits per heavy atom. The highest BCUT2D eigenvalue weighted by atomic mass is 32.2. The molecule has 2 aromatic rings. The molecule has 2 aromatic carbocycles. The second kappa shape index (κ2) is 8.58. The lowest BCUT2D eigenvalue weighted by molar-refractivity contribution is -0.113. The summed E-state index contributed by atoms with van der Waals surface area (Å²) in [5.74, 6) is 0.543. The molecule has 0 saturated heterocycles. The molecular formula is C19H21N3O3S2. The molecule has 0 radical (unpaired) electrons. The maximum Gasteiger partial charge on any atom is 0.262 e. The molecule has 1 heterocycles. The monoisotopic (exact) mass is 403 g/mol. The molecule has 0 unspecified atom stereocenters. The van der Waals surface area contributed by atoms with Crippen LogP contribution in [0.3, 0.4) is 0 Å². The molecule has 1 aliphatic rings. The maximum absolute atomic E-state index is 12.5. The van der Waals surface area contributed by atoms with E-state index in [1.54, 1.807) is 12.1 Å². The molecule has 0 saturated carbocycles. The summed E-state index contributed by atoms with van der Waals surface area (Å²) >= 11 is 1.45. The van der Waals surface area contributed by atoms with Crippen LogP contribution < -0.4 is 10.0 Å². The van der Waals surface area contributed by atoms with Crippen LogP contribution in [0.25, 0.3) is 0 Å². The third-order valence-electron chi connectivity index (χ3n) is 4.01. The van der Waals surface area contributed by atoms with E-state index in [2.05, 4.69) is 15.0 Å². The zero-order valence-corrected chi connectivity index (χ0v) is 16.6. The predicted molar refractivity (Wildman–Crippen MR) is 109 cm³/mol. The van der Waals surface area contributed by atoms with Crippen molar-refractivity contribution in [1.82, 2.24) is 4.72 Å². The average molecular weight is 404 g/mol. The third kappa shape index (κ3) is 5.33. The number of amides is 1. The number of nitrogens with one attached hydrogen (secondary N) is 2. The molecule has 2 N–H and O–H groups in total. The molecule has 27 heavy (non-hydrogen) atoms. The standard InChI is InChI=1S/C19H21N3O3S2/c1-14-6-2-3-9-17(14)26-13-19(23)21-15-7-4-8-16(12-15)27(24,25)22-18-10-5-11-20-18/h2-4,6-9,12H,5,10-11,13H2,1H3,(H,20,22)(H,21,23). The molecule has 0 fully saturated rings. The molecule has 6 nitrogen and oxygen atoms in total. The minimum atomic E-state index is -3.70. The van der Waals surface area contributed by atoms with Gasteiger partial charge in [-0.1, -0.05) is 24.3 Å². The van der Waals surface area contributed by atoms with Gasteiger partial charge in [0, 0.05) is 23.5 Å². The Morgan fingerprint density at radius 1 is 1.19 bits per heavy atom. The molecule has 3 rings (SSSR count). The normalized spacial score (nSPS) is 13.9.